The molecule has 0 amide bonds. The first-order valence-electron chi connectivity index (χ1n) is 7.40. The number of carbonyl (C=O) groups is 1. The second-order valence-corrected chi connectivity index (χ2v) is 5.13. The Kier molecular flexibility index (Phi) is 4.47. The van der Waals surface area contributed by atoms with Crippen LogP contribution in [-0.4, -0.2) is 27.9 Å². The fraction of sp³-hybridized carbons (Fsp3) is 0.167. The van der Waals surface area contributed by atoms with Crippen LogP contribution in [0, 0.1) is 0 Å². The third-order valence-corrected chi connectivity index (χ3v) is 3.62. The summed E-state index contributed by atoms with van der Waals surface area (Å²) >= 11 is 0. The van der Waals surface area contributed by atoms with E-state index in [1.807, 2.05) is 54.6 Å². The average molecular weight is 307 g/mol. The summed E-state index contributed by atoms with van der Waals surface area (Å²) in [4.78, 5) is 12.2. The Bertz CT molecular complexity index is 797. The molecule has 0 radical (unpaired) electrons. The Morgan fingerprint density at radius 2 is 1.96 bits per heavy atom. The number of methoxy groups -OCH3 is 1. The summed E-state index contributed by atoms with van der Waals surface area (Å²) < 4.78 is 6.97. The molecular formula is C18H17N3O2. The van der Waals surface area contributed by atoms with Crippen LogP contribution in [-0.2, 0) is 6.42 Å². The number of ether oxygens (including phenoxy) is 1. The van der Waals surface area contributed by atoms with Crippen LogP contribution in [0.1, 0.15) is 22.5 Å². The fourth-order valence-corrected chi connectivity index (χ4v) is 2.40. The number of aromatic nitrogens is 3. The zero-order chi connectivity index (χ0) is 16.1. The standard InChI is InChI=1S/C18H17N3O2/c1-23-17-9-5-8-15(12-17)21-16(13-19-20-21)10-11-18(22)14-6-3-2-4-7-14/h2-9,12-13H,10-11H2,1H3. The van der Waals surface area contributed by atoms with E-state index >= 15 is 0 Å². The number of ketones is 1. The maximum absolute atomic E-state index is 12.2. The van der Waals surface area contributed by atoms with E-state index < -0.39 is 0 Å². The molecule has 0 N–H and O–H groups in total. The smallest absolute Gasteiger partial charge is 0.163 e. The van der Waals surface area contributed by atoms with E-state index in [-0.39, 0.29) is 5.78 Å². The fourth-order valence-electron chi connectivity index (χ4n) is 2.40. The summed E-state index contributed by atoms with van der Waals surface area (Å²) in [6.07, 6.45) is 2.69. The Labute approximate surface area is 134 Å². The molecule has 0 spiro atoms. The van der Waals surface area contributed by atoms with Gasteiger partial charge in [-0.15, -0.1) is 5.10 Å². The quantitative estimate of drug-likeness (QED) is 0.657. The maximum atomic E-state index is 12.2. The van der Waals surface area contributed by atoms with Gasteiger partial charge in [0.2, 0.25) is 0 Å². The van der Waals surface area contributed by atoms with Gasteiger partial charge in [0.1, 0.15) is 5.75 Å². The van der Waals surface area contributed by atoms with Gasteiger partial charge in [0.05, 0.1) is 24.7 Å². The first-order valence-corrected chi connectivity index (χ1v) is 7.40. The minimum absolute atomic E-state index is 0.115. The summed E-state index contributed by atoms with van der Waals surface area (Å²) in [5.41, 5.74) is 2.49. The summed E-state index contributed by atoms with van der Waals surface area (Å²) in [6.45, 7) is 0. The molecule has 0 bridgehead atoms. The van der Waals surface area contributed by atoms with Gasteiger partial charge >= 0.3 is 0 Å². The molecule has 5 nitrogen and oxygen atoms in total. The SMILES string of the molecule is COc1cccc(-n2nncc2CCC(=O)c2ccccc2)c1. The van der Waals surface area contributed by atoms with E-state index in [0.29, 0.717) is 12.8 Å². The van der Waals surface area contributed by atoms with Crippen molar-refractivity contribution < 1.29 is 9.53 Å². The molecule has 0 aliphatic heterocycles. The Hall–Kier alpha value is -2.95. The van der Waals surface area contributed by atoms with Gasteiger partial charge in [0, 0.05) is 18.1 Å². The number of hydrogen-bond donors (Lipinski definition) is 0. The van der Waals surface area contributed by atoms with Crippen molar-refractivity contribution in [1.29, 1.82) is 0 Å². The number of benzene rings is 2. The highest BCUT2D eigenvalue weighted by Gasteiger charge is 2.11. The average Bonchev–Trinajstić information content (AvgIpc) is 3.09. The minimum Gasteiger partial charge on any atom is -0.497 e. The Morgan fingerprint density at radius 3 is 2.74 bits per heavy atom. The van der Waals surface area contributed by atoms with E-state index in [1.165, 1.54) is 0 Å². The zero-order valence-electron chi connectivity index (χ0n) is 12.8. The van der Waals surface area contributed by atoms with E-state index in [9.17, 15) is 4.79 Å². The molecule has 1 heterocycles. The van der Waals surface area contributed by atoms with E-state index in [1.54, 1.807) is 18.0 Å². The summed E-state index contributed by atoms with van der Waals surface area (Å²) in [7, 11) is 1.62. The van der Waals surface area contributed by atoms with Gasteiger partial charge < -0.3 is 4.74 Å². The molecule has 0 aliphatic carbocycles. The maximum Gasteiger partial charge on any atom is 0.163 e. The highest BCUT2D eigenvalue weighted by atomic mass is 16.5. The summed E-state index contributed by atoms with van der Waals surface area (Å²) in [5, 5.41) is 8.08. The molecule has 3 rings (SSSR count). The normalized spacial score (nSPS) is 10.5. The molecule has 0 unspecified atom stereocenters. The molecule has 0 saturated heterocycles. The highest BCUT2D eigenvalue weighted by Crippen LogP contribution is 2.18. The third-order valence-electron chi connectivity index (χ3n) is 3.62. The number of rotatable bonds is 6. The lowest BCUT2D eigenvalue weighted by Crippen LogP contribution is -2.06. The molecule has 0 atom stereocenters. The lowest BCUT2D eigenvalue weighted by atomic mass is 10.1. The van der Waals surface area contributed by atoms with Crippen molar-refractivity contribution in [3.8, 4) is 11.4 Å². The molecule has 116 valence electrons. The molecule has 5 heteroatoms. The van der Waals surface area contributed by atoms with Crippen LogP contribution < -0.4 is 4.74 Å². The molecule has 3 aromatic rings. The number of nitrogens with zero attached hydrogens (tertiary/aromatic N) is 3. The van der Waals surface area contributed by atoms with Crippen molar-refractivity contribution in [1.82, 2.24) is 15.0 Å². The molecule has 1 aromatic heterocycles. The van der Waals surface area contributed by atoms with E-state index in [4.69, 9.17) is 4.74 Å². The van der Waals surface area contributed by atoms with Crippen molar-refractivity contribution >= 4 is 5.78 Å². The number of carbonyl (C=O) groups excluding carboxylic acids is 1. The highest BCUT2D eigenvalue weighted by molar-refractivity contribution is 5.96. The van der Waals surface area contributed by atoms with Gasteiger partial charge in [-0.1, -0.05) is 41.6 Å². The van der Waals surface area contributed by atoms with Gasteiger partial charge in [0.25, 0.3) is 0 Å². The van der Waals surface area contributed by atoms with Crippen molar-refractivity contribution in [3.63, 3.8) is 0 Å². The monoisotopic (exact) mass is 307 g/mol. The predicted octanol–water partition coefficient (Wildman–Crippen LogP) is 3.09. The first kappa shape index (κ1) is 15.0. The van der Waals surface area contributed by atoms with Crippen LogP contribution in [0.25, 0.3) is 5.69 Å². The number of Topliss-reactive ketones (excluding diaryl/α,β-unsaturated/α-hetero) is 1. The molecule has 23 heavy (non-hydrogen) atoms. The van der Waals surface area contributed by atoms with Crippen LogP contribution in [0.4, 0.5) is 0 Å². The third kappa shape index (κ3) is 3.45. The van der Waals surface area contributed by atoms with Crippen molar-refractivity contribution in [2.45, 2.75) is 12.8 Å². The van der Waals surface area contributed by atoms with E-state index in [0.717, 1.165) is 22.7 Å². The van der Waals surface area contributed by atoms with Crippen molar-refractivity contribution in [2.24, 2.45) is 0 Å². The first-order chi connectivity index (χ1) is 11.3. The van der Waals surface area contributed by atoms with Gasteiger partial charge in [-0.25, -0.2) is 4.68 Å². The van der Waals surface area contributed by atoms with Crippen LogP contribution >= 0.6 is 0 Å². The summed E-state index contributed by atoms with van der Waals surface area (Å²) in [6, 6.07) is 16.9. The largest absolute Gasteiger partial charge is 0.497 e. The second-order valence-electron chi connectivity index (χ2n) is 5.13. The molecule has 2 aromatic carbocycles. The topological polar surface area (TPSA) is 57.0 Å². The van der Waals surface area contributed by atoms with Crippen LogP contribution in [0.3, 0.4) is 0 Å². The Balaban J connectivity index is 1.75. The van der Waals surface area contributed by atoms with Gasteiger partial charge in [-0.05, 0) is 18.6 Å². The molecule has 0 saturated carbocycles. The molecular weight excluding hydrogens is 290 g/mol. The number of aryl methyl sites for hydroxylation is 1. The van der Waals surface area contributed by atoms with Gasteiger partial charge in [-0.3, -0.25) is 4.79 Å². The zero-order valence-corrected chi connectivity index (χ0v) is 12.8. The van der Waals surface area contributed by atoms with E-state index in [2.05, 4.69) is 10.3 Å². The number of hydrogen-bond acceptors (Lipinski definition) is 4. The van der Waals surface area contributed by atoms with Gasteiger partial charge in [-0.2, -0.15) is 0 Å². The van der Waals surface area contributed by atoms with Gasteiger partial charge in [0.15, 0.2) is 5.78 Å². The summed E-state index contributed by atoms with van der Waals surface area (Å²) in [5.74, 6) is 0.869. The lowest BCUT2D eigenvalue weighted by Gasteiger charge is -2.07. The van der Waals surface area contributed by atoms with Crippen LogP contribution in [0.15, 0.2) is 60.8 Å². The Morgan fingerprint density at radius 1 is 1.13 bits per heavy atom. The lowest BCUT2D eigenvalue weighted by molar-refractivity contribution is 0.0982. The predicted molar refractivity (Wildman–Crippen MR) is 87.0 cm³/mol. The van der Waals surface area contributed by atoms with Crippen molar-refractivity contribution in [3.05, 3.63) is 72.1 Å². The van der Waals surface area contributed by atoms with Crippen LogP contribution in [0.2, 0.25) is 0 Å². The van der Waals surface area contributed by atoms with Crippen molar-refractivity contribution in [2.75, 3.05) is 7.11 Å². The van der Waals surface area contributed by atoms with Crippen LogP contribution in [0.5, 0.6) is 5.75 Å². The molecule has 0 fully saturated rings. The second kappa shape index (κ2) is 6.87. The minimum atomic E-state index is 0.115. The molecule has 0 aliphatic rings.